The van der Waals surface area contributed by atoms with Crippen LogP contribution in [0.25, 0.3) is 0 Å². The first-order valence-electron chi connectivity index (χ1n) is 10.6. The molecule has 3 aromatic rings. The van der Waals surface area contributed by atoms with E-state index in [1.165, 1.54) is 26.4 Å². The number of nitrogens with zero attached hydrogens (tertiary/aromatic N) is 1. The van der Waals surface area contributed by atoms with Crippen molar-refractivity contribution in [2.24, 2.45) is 0 Å². The second-order valence-electron chi connectivity index (χ2n) is 7.55. The van der Waals surface area contributed by atoms with E-state index in [-0.39, 0.29) is 12.3 Å². The lowest BCUT2D eigenvalue weighted by Gasteiger charge is -2.24. The van der Waals surface area contributed by atoms with Crippen LogP contribution in [-0.2, 0) is 23.8 Å². The molecule has 0 bridgehead atoms. The lowest BCUT2D eigenvalue weighted by molar-refractivity contribution is -0.137. The van der Waals surface area contributed by atoms with Crippen molar-refractivity contribution >= 4 is 23.4 Å². The summed E-state index contributed by atoms with van der Waals surface area (Å²) in [5.74, 6) is 0.890. The van der Waals surface area contributed by atoms with Gasteiger partial charge in [0.25, 0.3) is 0 Å². The molecule has 0 heterocycles. The van der Waals surface area contributed by atoms with Crippen molar-refractivity contribution in [3.05, 3.63) is 83.4 Å². The number of carbonyl (C=O) groups excluding carboxylic acids is 1. The van der Waals surface area contributed by atoms with Gasteiger partial charge in [-0.15, -0.1) is 11.8 Å². The van der Waals surface area contributed by atoms with E-state index in [4.69, 9.17) is 9.47 Å². The number of hydrogen-bond donors (Lipinski definition) is 0. The maximum atomic E-state index is 13.3. The van der Waals surface area contributed by atoms with Crippen LogP contribution in [0.1, 0.15) is 16.7 Å². The van der Waals surface area contributed by atoms with Crippen molar-refractivity contribution < 1.29 is 27.4 Å². The SMILES string of the molecule is COc1ccc(N(CCc2ccc(C(F)(F)F)cc2)C(=O)Cc2ccc(SC)cc2)cc1OC. The van der Waals surface area contributed by atoms with Gasteiger partial charge in [0.05, 0.1) is 26.2 Å². The number of halogens is 3. The third-order valence-electron chi connectivity index (χ3n) is 5.40. The van der Waals surface area contributed by atoms with E-state index in [2.05, 4.69) is 0 Å². The smallest absolute Gasteiger partial charge is 0.416 e. The van der Waals surface area contributed by atoms with Gasteiger partial charge < -0.3 is 14.4 Å². The van der Waals surface area contributed by atoms with Crippen molar-refractivity contribution in [2.45, 2.75) is 23.9 Å². The number of carbonyl (C=O) groups is 1. The molecule has 0 aliphatic rings. The minimum atomic E-state index is -4.38. The topological polar surface area (TPSA) is 38.8 Å². The summed E-state index contributed by atoms with van der Waals surface area (Å²) < 4.78 is 49.3. The van der Waals surface area contributed by atoms with Crippen LogP contribution in [0, 0.1) is 0 Å². The van der Waals surface area contributed by atoms with Crippen LogP contribution in [0.15, 0.2) is 71.6 Å². The summed E-state index contributed by atoms with van der Waals surface area (Å²) in [6.07, 6.45) is -1.81. The Labute approximate surface area is 201 Å². The van der Waals surface area contributed by atoms with Crippen LogP contribution in [0.4, 0.5) is 18.9 Å². The Morgan fingerprint density at radius 2 is 1.50 bits per heavy atom. The minimum absolute atomic E-state index is 0.129. The first-order valence-corrected chi connectivity index (χ1v) is 11.8. The van der Waals surface area contributed by atoms with Crippen molar-refractivity contribution in [3.8, 4) is 11.5 Å². The number of amides is 1. The van der Waals surface area contributed by atoms with Gasteiger partial charge in [-0.2, -0.15) is 13.2 Å². The van der Waals surface area contributed by atoms with E-state index in [9.17, 15) is 18.0 Å². The first-order chi connectivity index (χ1) is 16.2. The fourth-order valence-corrected chi connectivity index (χ4v) is 3.91. The maximum absolute atomic E-state index is 13.3. The zero-order valence-corrected chi connectivity index (χ0v) is 20.0. The molecule has 0 unspecified atom stereocenters. The van der Waals surface area contributed by atoms with Gasteiger partial charge in [-0.25, -0.2) is 0 Å². The van der Waals surface area contributed by atoms with E-state index in [0.717, 1.165) is 22.6 Å². The molecule has 0 aliphatic carbocycles. The fraction of sp³-hybridized carbons (Fsp3) is 0.269. The quantitative estimate of drug-likeness (QED) is 0.333. The number of benzene rings is 3. The van der Waals surface area contributed by atoms with Crippen LogP contribution in [0.2, 0.25) is 0 Å². The molecule has 0 atom stereocenters. The zero-order chi connectivity index (χ0) is 24.7. The van der Waals surface area contributed by atoms with Gasteiger partial charge in [-0.05, 0) is 60.2 Å². The lowest BCUT2D eigenvalue weighted by atomic mass is 10.1. The average molecular weight is 490 g/mol. The van der Waals surface area contributed by atoms with Gasteiger partial charge >= 0.3 is 6.18 Å². The van der Waals surface area contributed by atoms with Gasteiger partial charge in [0.15, 0.2) is 11.5 Å². The van der Waals surface area contributed by atoms with Crippen LogP contribution in [0.5, 0.6) is 11.5 Å². The highest BCUT2D eigenvalue weighted by atomic mass is 32.2. The Bertz CT molecular complexity index is 1100. The number of rotatable bonds is 9. The molecular formula is C26H26F3NO3S. The lowest BCUT2D eigenvalue weighted by Crippen LogP contribution is -2.34. The van der Waals surface area contributed by atoms with E-state index in [1.807, 2.05) is 30.5 Å². The van der Waals surface area contributed by atoms with Gasteiger partial charge in [-0.3, -0.25) is 4.79 Å². The second-order valence-corrected chi connectivity index (χ2v) is 8.43. The van der Waals surface area contributed by atoms with Crippen LogP contribution >= 0.6 is 11.8 Å². The number of ether oxygens (including phenoxy) is 2. The molecule has 0 radical (unpaired) electrons. The van der Waals surface area contributed by atoms with E-state index in [1.54, 1.807) is 34.9 Å². The van der Waals surface area contributed by atoms with Crippen molar-refractivity contribution in [1.29, 1.82) is 0 Å². The highest BCUT2D eigenvalue weighted by Gasteiger charge is 2.30. The molecule has 0 spiro atoms. The van der Waals surface area contributed by atoms with E-state index in [0.29, 0.717) is 35.7 Å². The summed E-state index contributed by atoms with van der Waals surface area (Å²) in [4.78, 5) is 16.1. The number of hydrogen-bond acceptors (Lipinski definition) is 4. The molecule has 4 nitrogen and oxygen atoms in total. The number of thioether (sulfide) groups is 1. The Morgan fingerprint density at radius 3 is 2.06 bits per heavy atom. The molecule has 0 N–H and O–H groups in total. The molecule has 0 saturated heterocycles. The van der Waals surface area contributed by atoms with Gasteiger partial charge in [0, 0.05) is 23.2 Å². The standard InChI is InChI=1S/C26H26F3NO3S/c1-32-23-13-10-21(17-24(23)33-2)30(25(31)16-19-6-11-22(34-3)12-7-19)15-14-18-4-8-20(9-5-18)26(27,28)29/h4-13,17H,14-16H2,1-3H3. The third kappa shape index (κ3) is 6.47. The normalized spacial score (nSPS) is 11.2. The molecule has 0 aliphatic heterocycles. The molecule has 34 heavy (non-hydrogen) atoms. The summed E-state index contributed by atoms with van der Waals surface area (Å²) in [5.41, 5.74) is 1.51. The minimum Gasteiger partial charge on any atom is -0.493 e. The Morgan fingerprint density at radius 1 is 0.882 bits per heavy atom. The molecule has 0 saturated carbocycles. The highest BCUT2D eigenvalue weighted by Crippen LogP contribution is 2.32. The summed E-state index contributed by atoms with van der Waals surface area (Å²) in [6.45, 7) is 0.294. The summed E-state index contributed by atoms with van der Waals surface area (Å²) >= 11 is 1.62. The van der Waals surface area contributed by atoms with Crippen molar-refractivity contribution in [1.82, 2.24) is 0 Å². The molecule has 3 rings (SSSR count). The van der Waals surface area contributed by atoms with E-state index >= 15 is 0 Å². The number of methoxy groups -OCH3 is 2. The van der Waals surface area contributed by atoms with Gasteiger partial charge in [0.2, 0.25) is 5.91 Å². The second kappa shape index (κ2) is 11.3. The highest BCUT2D eigenvalue weighted by molar-refractivity contribution is 7.98. The monoisotopic (exact) mass is 489 g/mol. The number of alkyl halides is 3. The summed E-state index contributed by atoms with van der Waals surface area (Å²) in [5, 5.41) is 0. The molecule has 8 heteroatoms. The third-order valence-corrected chi connectivity index (χ3v) is 6.14. The van der Waals surface area contributed by atoms with Crippen molar-refractivity contribution in [3.63, 3.8) is 0 Å². The van der Waals surface area contributed by atoms with E-state index < -0.39 is 11.7 Å². The summed E-state index contributed by atoms with van der Waals surface area (Å²) in [7, 11) is 3.05. The Hall–Kier alpha value is -3.13. The summed E-state index contributed by atoms with van der Waals surface area (Å²) in [6, 6.07) is 18.0. The average Bonchev–Trinajstić information content (AvgIpc) is 2.84. The Balaban J connectivity index is 1.84. The molecule has 180 valence electrons. The maximum Gasteiger partial charge on any atom is 0.416 e. The van der Waals surface area contributed by atoms with Crippen molar-refractivity contribution in [2.75, 3.05) is 31.9 Å². The molecular weight excluding hydrogens is 463 g/mol. The van der Waals surface area contributed by atoms with Crippen LogP contribution in [-0.4, -0.2) is 32.9 Å². The van der Waals surface area contributed by atoms with Gasteiger partial charge in [-0.1, -0.05) is 24.3 Å². The molecule has 1 amide bonds. The fourth-order valence-electron chi connectivity index (χ4n) is 3.51. The number of anilines is 1. The van der Waals surface area contributed by atoms with Crippen LogP contribution in [0.3, 0.4) is 0 Å². The molecule has 3 aromatic carbocycles. The molecule has 0 aromatic heterocycles. The molecule has 0 fully saturated rings. The van der Waals surface area contributed by atoms with Gasteiger partial charge in [0.1, 0.15) is 0 Å². The largest absolute Gasteiger partial charge is 0.493 e. The first kappa shape index (κ1) is 25.5. The van der Waals surface area contributed by atoms with Crippen LogP contribution < -0.4 is 14.4 Å². The Kier molecular flexibility index (Phi) is 8.50. The predicted octanol–water partition coefficient (Wildman–Crippen LogP) is 6.26. The predicted molar refractivity (Wildman–Crippen MR) is 129 cm³/mol. The zero-order valence-electron chi connectivity index (χ0n) is 19.2.